The molecule has 5 atom stereocenters. The quantitative estimate of drug-likeness (QED) is 0.202. The Morgan fingerprint density at radius 1 is 1.22 bits per heavy atom. The number of hydrogen-bond donors (Lipinski definition) is 7. The molecule has 10 N–H and O–H groups in total. The zero-order valence-corrected chi connectivity index (χ0v) is 12.7. The Bertz CT molecular complexity index is 398. The molecule has 0 spiro atoms. The van der Waals surface area contributed by atoms with Gasteiger partial charge in [-0.3, -0.25) is 9.59 Å². The Labute approximate surface area is 133 Å². The molecule has 0 radical (unpaired) electrons. The Balaban J connectivity index is 2.61. The van der Waals surface area contributed by atoms with E-state index < -0.39 is 42.5 Å². The molecule has 0 aromatic rings. The number of hydrogen-bond acceptors (Lipinski definition) is 9. The Kier molecular flexibility index (Phi) is 8.33. The minimum Gasteiger partial charge on any atom is -0.388 e. The van der Waals surface area contributed by atoms with E-state index >= 15 is 0 Å². The highest BCUT2D eigenvalue weighted by atomic mass is 16.7. The number of aliphatic hydroxyl groups is 2. The average molecular weight is 335 g/mol. The van der Waals surface area contributed by atoms with Crippen LogP contribution in [0, 0.1) is 0 Å². The number of carbonyl (C=O) groups is 2. The standard InChI is InChI=1S/C12H25N5O6/c13-3-6-10(20)11(21)9(17-8(19)4-14)12(23-6)22-2-1-16-5-7(15)18/h6,9-12,16,20-21H,1-5,13-14H2,(H2,15,18)(H,17,19)/t6-,9-,10-,11-,12+/m1/s1. The van der Waals surface area contributed by atoms with E-state index in [0.29, 0.717) is 6.54 Å². The molecule has 0 aliphatic carbocycles. The summed E-state index contributed by atoms with van der Waals surface area (Å²) in [5.74, 6) is -1.04. The molecule has 1 aliphatic heterocycles. The number of rotatable bonds is 9. The Morgan fingerprint density at radius 3 is 2.48 bits per heavy atom. The van der Waals surface area contributed by atoms with Crippen LogP contribution in [-0.2, 0) is 19.1 Å². The van der Waals surface area contributed by atoms with Crippen LogP contribution in [0.3, 0.4) is 0 Å². The minimum atomic E-state index is -1.32. The van der Waals surface area contributed by atoms with Crippen molar-refractivity contribution in [1.29, 1.82) is 0 Å². The van der Waals surface area contributed by atoms with Gasteiger partial charge in [0.05, 0.1) is 19.7 Å². The van der Waals surface area contributed by atoms with Crippen molar-refractivity contribution in [3.8, 4) is 0 Å². The number of nitrogens with one attached hydrogen (secondary N) is 2. The van der Waals surface area contributed by atoms with E-state index in [9.17, 15) is 19.8 Å². The molecule has 11 heteroatoms. The Morgan fingerprint density at radius 2 is 1.91 bits per heavy atom. The normalized spacial score (nSPS) is 30.9. The average Bonchev–Trinajstić information content (AvgIpc) is 2.52. The van der Waals surface area contributed by atoms with Crippen LogP contribution < -0.4 is 27.8 Å². The predicted octanol–water partition coefficient (Wildman–Crippen LogP) is -5.07. The highest BCUT2D eigenvalue weighted by molar-refractivity contribution is 5.78. The lowest BCUT2D eigenvalue weighted by Crippen LogP contribution is -2.65. The fraction of sp³-hybridized carbons (Fsp3) is 0.833. The molecule has 11 nitrogen and oxygen atoms in total. The van der Waals surface area contributed by atoms with Crippen molar-refractivity contribution < 1.29 is 29.3 Å². The van der Waals surface area contributed by atoms with Gasteiger partial charge in [0, 0.05) is 13.1 Å². The van der Waals surface area contributed by atoms with E-state index in [4.69, 9.17) is 26.7 Å². The highest BCUT2D eigenvalue weighted by Gasteiger charge is 2.45. The van der Waals surface area contributed by atoms with Crippen molar-refractivity contribution in [2.24, 2.45) is 17.2 Å². The third-order valence-electron chi connectivity index (χ3n) is 3.31. The van der Waals surface area contributed by atoms with Crippen molar-refractivity contribution in [1.82, 2.24) is 10.6 Å². The van der Waals surface area contributed by atoms with Crippen LogP contribution in [0.15, 0.2) is 0 Å². The zero-order valence-electron chi connectivity index (χ0n) is 12.7. The van der Waals surface area contributed by atoms with Gasteiger partial charge >= 0.3 is 0 Å². The van der Waals surface area contributed by atoms with Gasteiger partial charge in [0.1, 0.15) is 24.4 Å². The molecule has 0 saturated carbocycles. The molecular weight excluding hydrogens is 310 g/mol. The third-order valence-corrected chi connectivity index (χ3v) is 3.31. The monoisotopic (exact) mass is 335 g/mol. The van der Waals surface area contributed by atoms with Crippen LogP contribution in [0.5, 0.6) is 0 Å². The van der Waals surface area contributed by atoms with Crippen LogP contribution in [-0.4, -0.2) is 85.5 Å². The predicted molar refractivity (Wildman–Crippen MR) is 78.7 cm³/mol. The van der Waals surface area contributed by atoms with Gasteiger partial charge < -0.3 is 47.5 Å². The van der Waals surface area contributed by atoms with Crippen molar-refractivity contribution in [3.05, 3.63) is 0 Å². The number of aliphatic hydroxyl groups excluding tert-OH is 2. The summed E-state index contributed by atoms with van der Waals surface area (Å²) in [6.45, 7) is 0.0937. The fourth-order valence-corrected chi connectivity index (χ4v) is 2.13. The molecule has 134 valence electrons. The smallest absolute Gasteiger partial charge is 0.234 e. The zero-order chi connectivity index (χ0) is 17.4. The summed E-state index contributed by atoms with van der Waals surface area (Å²) in [4.78, 5) is 22.0. The molecule has 23 heavy (non-hydrogen) atoms. The molecule has 1 aliphatic rings. The van der Waals surface area contributed by atoms with Gasteiger partial charge in [-0.25, -0.2) is 0 Å². The summed E-state index contributed by atoms with van der Waals surface area (Å²) in [5.41, 5.74) is 15.7. The van der Waals surface area contributed by atoms with Gasteiger partial charge in [-0.2, -0.15) is 0 Å². The van der Waals surface area contributed by atoms with Crippen molar-refractivity contribution >= 4 is 11.8 Å². The molecule has 0 aromatic heterocycles. The van der Waals surface area contributed by atoms with Gasteiger partial charge in [-0.1, -0.05) is 0 Å². The first-order valence-corrected chi connectivity index (χ1v) is 7.22. The molecule has 1 heterocycles. The van der Waals surface area contributed by atoms with Crippen LogP contribution in [0.1, 0.15) is 0 Å². The molecule has 1 fully saturated rings. The van der Waals surface area contributed by atoms with Gasteiger partial charge in [0.15, 0.2) is 6.29 Å². The fourth-order valence-electron chi connectivity index (χ4n) is 2.13. The summed E-state index contributed by atoms with van der Waals surface area (Å²) < 4.78 is 10.9. The van der Waals surface area contributed by atoms with E-state index in [1.54, 1.807) is 0 Å². The molecular formula is C12H25N5O6. The number of carbonyl (C=O) groups excluding carboxylic acids is 2. The van der Waals surface area contributed by atoms with Gasteiger partial charge in [0.25, 0.3) is 0 Å². The van der Waals surface area contributed by atoms with Crippen LogP contribution in [0.2, 0.25) is 0 Å². The lowest BCUT2D eigenvalue weighted by atomic mass is 9.96. The maximum Gasteiger partial charge on any atom is 0.234 e. The highest BCUT2D eigenvalue weighted by Crippen LogP contribution is 2.21. The minimum absolute atomic E-state index is 0.00497. The van der Waals surface area contributed by atoms with E-state index in [1.807, 2.05) is 0 Å². The second-order valence-corrected chi connectivity index (χ2v) is 5.07. The van der Waals surface area contributed by atoms with E-state index in [0.717, 1.165) is 0 Å². The van der Waals surface area contributed by atoms with Crippen molar-refractivity contribution in [3.63, 3.8) is 0 Å². The molecule has 0 bridgehead atoms. The Hall–Kier alpha value is -1.34. The first-order valence-electron chi connectivity index (χ1n) is 7.22. The third kappa shape index (κ3) is 5.99. The van der Waals surface area contributed by atoms with Crippen LogP contribution >= 0.6 is 0 Å². The largest absolute Gasteiger partial charge is 0.388 e. The van der Waals surface area contributed by atoms with Crippen LogP contribution in [0.4, 0.5) is 0 Å². The summed E-state index contributed by atoms with van der Waals surface area (Å²) in [5, 5.41) is 25.2. The summed E-state index contributed by atoms with van der Waals surface area (Å²) in [6.07, 6.45) is -4.44. The maximum atomic E-state index is 11.5. The van der Waals surface area contributed by atoms with Crippen LogP contribution in [0.25, 0.3) is 0 Å². The second-order valence-electron chi connectivity index (χ2n) is 5.07. The van der Waals surface area contributed by atoms with Gasteiger partial charge in [-0.05, 0) is 0 Å². The molecule has 0 unspecified atom stereocenters. The lowest BCUT2D eigenvalue weighted by Gasteiger charge is -2.42. The maximum absolute atomic E-state index is 11.5. The number of ether oxygens (including phenoxy) is 2. The van der Waals surface area contributed by atoms with Crippen molar-refractivity contribution in [2.45, 2.75) is 30.6 Å². The summed E-state index contributed by atoms with van der Waals surface area (Å²) >= 11 is 0. The first-order chi connectivity index (χ1) is 10.9. The molecule has 1 rings (SSSR count). The molecule has 1 saturated heterocycles. The molecule has 0 aromatic carbocycles. The summed E-state index contributed by atoms with van der Waals surface area (Å²) in [6, 6.07) is -1.00. The second kappa shape index (κ2) is 9.72. The lowest BCUT2D eigenvalue weighted by molar-refractivity contribution is -0.261. The van der Waals surface area contributed by atoms with E-state index in [1.165, 1.54) is 0 Å². The topological polar surface area (TPSA) is 195 Å². The SMILES string of the molecule is NCC(=O)N[C@H]1[C@@H](OCCNCC(N)=O)O[C@H](CN)[C@@H](O)[C@@H]1O. The van der Waals surface area contributed by atoms with E-state index in [2.05, 4.69) is 10.6 Å². The van der Waals surface area contributed by atoms with Gasteiger partial charge in [0.2, 0.25) is 11.8 Å². The summed E-state index contributed by atoms with van der Waals surface area (Å²) in [7, 11) is 0. The van der Waals surface area contributed by atoms with Gasteiger partial charge in [-0.15, -0.1) is 0 Å². The number of primary amides is 1. The number of nitrogens with two attached hydrogens (primary N) is 3. The number of amides is 2. The first kappa shape index (κ1) is 19.7. The molecule has 2 amide bonds. The van der Waals surface area contributed by atoms with E-state index in [-0.39, 0.29) is 26.2 Å². The van der Waals surface area contributed by atoms with Crippen molar-refractivity contribution in [2.75, 3.05) is 32.8 Å².